The molecule has 1 atom stereocenters. The maximum atomic E-state index is 12.8. The lowest BCUT2D eigenvalue weighted by atomic mass is 9.93. The van der Waals surface area contributed by atoms with Crippen molar-refractivity contribution in [2.45, 2.75) is 88.7 Å². The largest absolute Gasteiger partial charge is 0.393 e. The Morgan fingerprint density at radius 3 is 2.35 bits per heavy atom. The summed E-state index contributed by atoms with van der Waals surface area (Å²) in [5, 5.41) is 18.3. The molecule has 6 heterocycles. The van der Waals surface area contributed by atoms with Crippen LogP contribution in [0.4, 0.5) is 19.1 Å². The number of alkyl halides is 3. The third-order valence-corrected chi connectivity index (χ3v) is 13.3. The maximum absolute atomic E-state index is 12.8. The predicted molar refractivity (Wildman–Crippen MR) is 246 cm³/mol. The van der Waals surface area contributed by atoms with Crippen LogP contribution >= 0.6 is 0 Å². The van der Waals surface area contributed by atoms with Gasteiger partial charge in [-0.1, -0.05) is 30.3 Å². The molecule has 2 saturated heterocycles. The Bertz CT molecular complexity index is 2620. The number of nitrogens with one attached hydrogen (secondary N) is 2. The molecule has 2 amide bonds. The van der Waals surface area contributed by atoms with Crippen molar-refractivity contribution < 1.29 is 37.3 Å². The molecule has 14 nitrogen and oxygen atoms in total. The standard InChI is InChI=1S/C49H58F3N9O5/c50-49(51,52)17-19-54-48-55-30-40-41(32-60(46(40)57-48)36-10-12-37(62)13-11-36)35-8-5-34(6-9-35)31-59-22-20-58(21-23-59)24-26-66-28-27-65-25-2-3-33-7-14-42-39(29-33)38-4-1-18-53-45(38)61(42)43-15-16-44(63)56-47(43)64/h1,4-9,14,18,29-30,32,36-37,43,62H,2-3,10-13,15-17,19-28,31H2,(H,54,55,57)(H,56,63,64)/t36-,37-,43-/m0/s1. The number of aromatic nitrogens is 5. The molecular weight excluding hydrogens is 852 g/mol. The van der Waals surface area contributed by atoms with Crippen molar-refractivity contribution in [1.29, 1.82) is 0 Å². The third kappa shape index (κ3) is 10.9. The maximum Gasteiger partial charge on any atom is 0.390 e. The molecule has 0 unspecified atom stereocenters. The van der Waals surface area contributed by atoms with Gasteiger partial charge in [-0.15, -0.1) is 0 Å². The number of carbonyl (C=O) groups is 2. The van der Waals surface area contributed by atoms with E-state index in [0.29, 0.717) is 57.8 Å². The van der Waals surface area contributed by atoms with E-state index in [1.54, 1.807) is 12.4 Å². The number of aliphatic hydroxyl groups is 1. The molecule has 1 aliphatic carbocycles. The molecule has 0 radical (unpaired) electrons. The number of benzene rings is 2. The number of anilines is 1. The highest BCUT2D eigenvalue weighted by atomic mass is 19.4. The average Bonchev–Trinajstić information content (AvgIpc) is 3.85. The summed E-state index contributed by atoms with van der Waals surface area (Å²) in [7, 11) is 0. The number of aliphatic hydroxyl groups excluding tert-OH is 1. The number of halogens is 3. The highest BCUT2D eigenvalue weighted by Gasteiger charge is 2.31. The number of ether oxygens (including phenoxy) is 2. The van der Waals surface area contributed by atoms with Crippen molar-refractivity contribution in [3.8, 4) is 11.1 Å². The third-order valence-electron chi connectivity index (χ3n) is 13.3. The second kappa shape index (κ2) is 20.6. The van der Waals surface area contributed by atoms with Crippen LogP contribution in [0.2, 0.25) is 0 Å². The number of nitrogens with zero attached hydrogens (tertiary/aromatic N) is 7. The number of amides is 2. The molecule has 6 aromatic rings. The Morgan fingerprint density at radius 1 is 0.818 bits per heavy atom. The number of hydrogen-bond donors (Lipinski definition) is 3. The summed E-state index contributed by atoms with van der Waals surface area (Å²) >= 11 is 0. The van der Waals surface area contributed by atoms with Crippen LogP contribution in [0.3, 0.4) is 0 Å². The summed E-state index contributed by atoms with van der Waals surface area (Å²) in [6.07, 6.45) is 5.48. The van der Waals surface area contributed by atoms with E-state index in [-0.39, 0.29) is 36.5 Å². The second-order valence-electron chi connectivity index (χ2n) is 17.8. The first kappa shape index (κ1) is 45.7. The number of carbonyl (C=O) groups excluding carboxylic acids is 2. The Morgan fingerprint density at radius 2 is 1.58 bits per heavy atom. The zero-order chi connectivity index (χ0) is 45.6. The number of piperazine rings is 1. The average molecular weight is 910 g/mol. The molecule has 9 rings (SSSR count). The van der Waals surface area contributed by atoms with Gasteiger partial charge < -0.3 is 29.0 Å². The summed E-state index contributed by atoms with van der Waals surface area (Å²) in [6, 6.07) is 18.5. The van der Waals surface area contributed by atoms with Gasteiger partial charge >= 0.3 is 6.18 Å². The molecule has 4 aromatic heterocycles. The van der Waals surface area contributed by atoms with Gasteiger partial charge in [-0.05, 0) is 85.9 Å². The molecule has 66 heavy (non-hydrogen) atoms. The first-order chi connectivity index (χ1) is 32.1. The molecule has 2 aliphatic heterocycles. The van der Waals surface area contributed by atoms with E-state index in [9.17, 15) is 27.9 Å². The summed E-state index contributed by atoms with van der Waals surface area (Å²) in [5.41, 5.74) is 6.80. The van der Waals surface area contributed by atoms with Gasteiger partial charge in [-0.25, -0.2) is 9.97 Å². The fourth-order valence-corrected chi connectivity index (χ4v) is 9.71. The fraction of sp³-hybridized carbons (Fsp3) is 0.490. The van der Waals surface area contributed by atoms with Gasteiger partial charge in [0.25, 0.3) is 0 Å². The van der Waals surface area contributed by atoms with E-state index in [0.717, 1.165) is 103 Å². The van der Waals surface area contributed by atoms with Gasteiger partial charge in [0.05, 0.1) is 37.9 Å². The Kier molecular flexibility index (Phi) is 14.3. The summed E-state index contributed by atoms with van der Waals surface area (Å²) in [5.74, 6) is -0.342. The smallest absolute Gasteiger partial charge is 0.390 e. The number of aryl methyl sites for hydroxylation is 1. The van der Waals surface area contributed by atoms with Gasteiger partial charge in [0, 0.05) is 105 Å². The molecular formula is C49H58F3N9O5. The van der Waals surface area contributed by atoms with Crippen LogP contribution in [0.1, 0.15) is 74.6 Å². The van der Waals surface area contributed by atoms with Crippen molar-refractivity contribution in [2.24, 2.45) is 0 Å². The van der Waals surface area contributed by atoms with Crippen LogP contribution in [0.15, 0.2) is 73.2 Å². The molecule has 1 saturated carbocycles. The minimum absolute atomic E-state index is 0.134. The zero-order valence-electron chi connectivity index (χ0n) is 37.1. The Hall–Kier alpha value is -5.46. The molecule has 3 N–H and O–H groups in total. The normalized spacial score (nSPS) is 20.2. The zero-order valence-corrected chi connectivity index (χ0v) is 37.1. The molecule has 2 aromatic carbocycles. The SMILES string of the molecule is O=C1CC[C@H](n2c3ccc(CCCOCCOCCN4CCN(Cc5ccc(-c6cn([C@H]7CC[C@H](O)CC7)c7nc(NCCC(F)(F)F)ncc67)cc5)CC4)cc3c3cccnc32)C(=O)N1. The minimum atomic E-state index is -4.26. The molecule has 17 heteroatoms. The van der Waals surface area contributed by atoms with Crippen LogP contribution < -0.4 is 10.6 Å². The number of pyridine rings is 1. The lowest BCUT2D eigenvalue weighted by Gasteiger charge is -2.34. The van der Waals surface area contributed by atoms with E-state index in [1.165, 1.54) is 11.1 Å². The lowest BCUT2D eigenvalue weighted by molar-refractivity contribution is -0.135. The number of fused-ring (bicyclic) bond motifs is 4. The Labute approximate surface area is 381 Å². The molecule has 3 aliphatic rings. The molecule has 3 fully saturated rings. The van der Waals surface area contributed by atoms with Crippen molar-refractivity contribution in [3.05, 3.63) is 84.3 Å². The van der Waals surface area contributed by atoms with Gasteiger partial charge in [0.15, 0.2) is 0 Å². The van der Waals surface area contributed by atoms with Gasteiger partial charge in [0.2, 0.25) is 17.8 Å². The monoisotopic (exact) mass is 909 g/mol. The number of rotatable bonds is 18. The van der Waals surface area contributed by atoms with Crippen LogP contribution in [-0.4, -0.2) is 129 Å². The Balaban J connectivity index is 0.687. The topological polar surface area (TPSA) is 152 Å². The van der Waals surface area contributed by atoms with Gasteiger partial charge in [0.1, 0.15) is 17.3 Å². The van der Waals surface area contributed by atoms with Gasteiger partial charge in [-0.3, -0.25) is 24.7 Å². The van der Waals surface area contributed by atoms with Gasteiger partial charge in [-0.2, -0.15) is 18.2 Å². The number of imide groups is 1. The highest BCUT2D eigenvalue weighted by molar-refractivity contribution is 6.09. The minimum Gasteiger partial charge on any atom is -0.393 e. The number of piperidine rings is 1. The van der Waals surface area contributed by atoms with Crippen LogP contribution in [-0.2, 0) is 32.0 Å². The quantitative estimate of drug-likeness (QED) is 0.0593. The fourth-order valence-electron chi connectivity index (χ4n) is 9.71. The van der Waals surface area contributed by atoms with Crippen LogP contribution in [0.5, 0.6) is 0 Å². The van der Waals surface area contributed by atoms with Crippen molar-refractivity contribution in [2.75, 3.05) is 71.0 Å². The van der Waals surface area contributed by atoms with E-state index in [2.05, 4.69) is 88.6 Å². The van der Waals surface area contributed by atoms with Crippen LogP contribution in [0.25, 0.3) is 44.1 Å². The number of hydrogen-bond acceptors (Lipinski definition) is 11. The second-order valence-corrected chi connectivity index (χ2v) is 17.8. The van der Waals surface area contributed by atoms with E-state index in [1.807, 2.05) is 16.7 Å². The van der Waals surface area contributed by atoms with Crippen molar-refractivity contribution in [1.82, 2.24) is 39.2 Å². The first-order valence-electron chi connectivity index (χ1n) is 23.3. The highest BCUT2D eigenvalue weighted by Crippen LogP contribution is 2.38. The predicted octanol–water partition coefficient (Wildman–Crippen LogP) is 7.20. The molecule has 0 bridgehead atoms. The van der Waals surface area contributed by atoms with Crippen LogP contribution in [0, 0.1) is 0 Å². The van der Waals surface area contributed by atoms with Crippen molar-refractivity contribution in [3.63, 3.8) is 0 Å². The summed E-state index contributed by atoms with van der Waals surface area (Å²) < 4.78 is 54.3. The molecule has 350 valence electrons. The first-order valence-corrected chi connectivity index (χ1v) is 23.3. The molecule has 0 spiro atoms. The van der Waals surface area contributed by atoms with Crippen molar-refractivity contribution >= 4 is 50.7 Å². The summed E-state index contributed by atoms with van der Waals surface area (Å²) in [4.78, 5) is 43.2. The van der Waals surface area contributed by atoms with E-state index in [4.69, 9.17) is 9.47 Å². The lowest BCUT2D eigenvalue weighted by Crippen LogP contribution is -2.46. The summed E-state index contributed by atoms with van der Waals surface area (Å²) in [6.45, 7) is 7.72. The van der Waals surface area contributed by atoms with E-state index >= 15 is 0 Å². The van der Waals surface area contributed by atoms with E-state index < -0.39 is 18.6 Å².